The topological polar surface area (TPSA) is 117 Å². The van der Waals surface area contributed by atoms with E-state index in [2.05, 4.69) is 10.3 Å². The lowest BCUT2D eigenvalue weighted by molar-refractivity contribution is -0.140. The number of methoxy groups -OCH3 is 1. The smallest absolute Gasteiger partial charge is 0.406 e. The maximum Gasteiger partial charge on any atom is 0.406 e. The largest absolute Gasteiger partial charge is 0.493 e. The Morgan fingerprint density at radius 2 is 1.91 bits per heavy atom. The molecule has 4 rings (SSSR count). The van der Waals surface area contributed by atoms with E-state index in [-0.39, 0.29) is 39.8 Å². The normalized spacial score (nSPS) is 15.1. The molecule has 1 fully saturated rings. The zero-order valence-corrected chi connectivity index (χ0v) is 18.2. The van der Waals surface area contributed by atoms with Crippen molar-refractivity contribution in [3.63, 3.8) is 0 Å². The van der Waals surface area contributed by atoms with Gasteiger partial charge in [-0.2, -0.15) is 13.2 Å². The van der Waals surface area contributed by atoms with Gasteiger partial charge in [0.2, 0.25) is 5.91 Å². The number of piperidine rings is 1. The fourth-order valence-electron chi connectivity index (χ4n) is 4.38. The Bertz CT molecular complexity index is 1310. The molecule has 0 aliphatic carbocycles. The molecule has 3 N–H and O–H groups in total. The number of hydrogen-bond acceptors (Lipinski definition) is 5. The Balaban J connectivity index is 1.73. The average molecular weight is 480 g/mol. The third kappa shape index (κ3) is 4.32. The van der Waals surface area contributed by atoms with Gasteiger partial charge < -0.3 is 25.0 Å². The number of nitrogens with one attached hydrogen (secondary N) is 2. The molecule has 1 saturated heterocycles. The molecule has 2 aromatic heterocycles. The lowest BCUT2D eigenvalue weighted by Crippen LogP contribution is -2.47. The first-order chi connectivity index (χ1) is 16.1. The van der Waals surface area contributed by atoms with Gasteiger partial charge in [-0.1, -0.05) is 18.2 Å². The molecule has 0 radical (unpaired) electrons. The van der Waals surface area contributed by atoms with Crippen LogP contribution in [0, 0.1) is 0 Å². The number of aromatic amines is 1. The van der Waals surface area contributed by atoms with Crippen molar-refractivity contribution >= 4 is 33.6 Å². The number of fused-ring (bicyclic) bond motifs is 3. The summed E-state index contributed by atoms with van der Waals surface area (Å²) in [6.07, 6.45) is -3.71. The van der Waals surface area contributed by atoms with Crippen molar-refractivity contribution in [1.29, 1.82) is 0 Å². The highest BCUT2D eigenvalue weighted by Gasteiger charge is 2.32. The number of rotatable bonds is 5. The summed E-state index contributed by atoms with van der Waals surface area (Å²) in [6, 6.07) is 5.86. The molecule has 1 aliphatic rings. The first kappa shape index (κ1) is 23.6. The number of carbonyl (C=O) groups is 2. The van der Waals surface area contributed by atoms with Gasteiger partial charge in [0, 0.05) is 24.5 Å². The summed E-state index contributed by atoms with van der Waals surface area (Å²) >= 11 is 0. The Morgan fingerprint density at radius 1 is 1.24 bits per heavy atom. The van der Waals surface area contributed by atoms with E-state index in [0.717, 1.165) is 0 Å². The van der Waals surface area contributed by atoms with Crippen LogP contribution in [0.3, 0.4) is 0 Å². The number of hydrogen-bond donors (Lipinski definition) is 3. The standard InChI is InChI=1S/C22H23F3N4O5/c1-34-19-16-17(13-4-2-3-5-14(13)29(21(16)33)11-22(23,24)25)27-18(19)20(32)26-12-6-8-28(9-7-12)15(31)10-30/h2-5,12,27,30H,6-11H2,1H3,(H,26,32). The average Bonchev–Trinajstić information content (AvgIpc) is 3.21. The summed E-state index contributed by atoms with van der Waals surface area (Å²) in [5.74, 6) is -1.10. The van der Waals surface area contributed by atoms with E-state index in [0.29, 0.717) is 35.9 Å². The van der Waals surface area contributed by atoms with Gasteiger partial charge in [-0.25, -0.2) is 0 Å². The van der Waals surface area contributed by atoms with Crippen LogP contribution in [0.2, 0.25) is 0 Å². The Hall–Kier alpha value is -3.54. The minimum atomic E-state index is -4.63. The van der Waals surface area contributed by atoms with Gasteiger partial charge in [0.15, 0.2) is 5.75 Å². The fraction of sp³-hybridized carbons (Fsp3) is 0.409. The van der Waals surface area contributed by atoms with Crippen molar-refractivity contribution in [2.24, 2.45) is 0 Å². The summed E-state index contributed by atoms with van der Waals surface area (Å²) in [5, 5.41) is 12.0. The van der Waals surface area contributed by atoms with Crippen LogP contribution in [0.15, 0.2) is 29.1 Å². The highest BCUT2D eigenvalue weighted by molar-refractivity contribution is 6.11. The van der Waals surface area contributed by atoms with E-state index in [4.69, 9.17) is 9.84 Å². The number of H-pyrrole nitrogens is 1. The number of alkyl halides is 3. The van der Waals surface area contributed by atoms with Crippen molar-refractivity contribution in [2.45, 2.75) is 31.6 Å². The van der Waals surface area contributed by atoms with E-state index >= 15 is 0 Å². The number of carbonyl (C=O) groups excluding carboxylic acids is 2. The maximum atomic E-state index is 13.2. The minimum Gasteiger partial charge on any atom is -0.493 e. The molecule has 0 unspecified atom stereocenters. The maximum absolute atomic E-state index is 13.2. The lowest BCUT2D eigenvalue weighted by Gasteiger charge is -2.32. The molecule has 1 aliphatic heterocycles. The summed E-state index contributed by atoms with van der Waals surface area (Å²) in [4.78, 5) is 42.2. The molecule has 3 heterocycles. The molecule has 12 heteroatoms. The van der Waals surface area contributed by atoms with Crippen LogP contribution in [0.25, 0.3) is 21.8 Å². The summed E-state index contributed by atoms with van der Waals surface area (Å²) < 4.78 is 45.6. The third-order valence-electron chi connectivity index (χ3n) is 5.96. The highest BCUT2D eigenvalue weighted by atomic mass is 19.4. The molecule has 3 aromatic rings. The molecule has 9 nitrogen and oxygen atoms in total. The number of halogens is 3. The lowest BCUT2D eigenvalue weighted by atomic mass is 10.0. The van der Waals surface area contributed by atoms with Gasteiger partial charge in [-0.3, -0.25) is 19.0 Å². The van der Waals surface area contributed by atoms with Crippen molar-refractivity contribution in [1.82, 2.24) is 19.8 Å². The SMILES string of the molecule is COc1c(C(=O)NC2CCN(C(=O)CO)CC2)[nH]c2c1c(=O)n(CC(F)(F)F)c1ccccc21. The second-order valence-corrected chi connectivity index (χ2v) is 8.09. The summed E-state index contributed by atoms with van der Waals surface area (Å²) in [7, 11) is 1.24. The molecule has 34 heavy (non-hydrogen) atoms. The molecular weight excluding hydrogens is 457 g/mol. The number of aliphatic hydroxyl groups excluding tert-OH is 1. The number of amides is 2. The molecule has 1 aromatic carbocycles. The molecule has 0 saturated carbocycles. The number of likely N-dealkylation sites (tertiary alicyclic amines) is 1. The van der Waals surface area contributed by atoms with Crippen LogP contribution < -0.4 is 15.6 Å². The van der Waals surface area contributed by atoms with E-state index < -0.39 is 30.8 Å². The van der Waals surface area contributed by atoms with Crippen LogP contribution in [0.1, 0.15) is 23.3 Å². The summed E-state index contributed by atoms with van der Waals surface area (Å²) in [6.45, 7) is -1.34. The molecule has 182 valence electrons. The Morgan fingerprint density at radius 3 is 2.53 bits per heavy atom. The molecular formula is C22H23F3N4O5. The monoisotopic (exact) mass is 480 g/mol. The van der Waals surface area contributed by atoms with Crippen LogP contribution in [-0.4, -0.2) is 70.4 Å². The van der Waals surface area contributed by atoms with Gasteiger partial charge in [0.05, 0.1) is 18.1 Å². The van der Waals surface area contributed by atoms with Crippen LogP contribution >= 0.6 is 0 Å². The van der Waals surface area contributed by atoms with E-state index in [1.165, 1.54) is 24.1 Å². The second-order valence-electron chi connectivity index (χ2n) is 8.09. The van der Waals surface area contributed by atoms with Gasteiger partial charge in [-0.05, 0) is 18.9 Å². The van der Waals surface area contributed by atoms with Crippen molar-refractivity contribution < 1.29 is 32.6 Å². The van der Waals surface area contributed by atoms with Gasteiger partial charge in [0.25, 0.3) is 11.5 Å². The minimum absolute atomic E-state index is 0.0709. The second kappa shape index (κ2) is 9.01. The number of nitrogens with zero attached hydrogens (tertiary/aromatic N) is 2. The predicted octanol–water partition coefficient (Wildman–Crippen LogP) is 1.77. The van der Waals surface area contributed by atoms with E-state index in [1.54, 1.807) is 12.1 Å². The predicted molar refractivity (Wildman–Crippen MR) is 117 cm³/mol. The van der Waals surface area contributed by atoms with Crippen LogP contribution in [-0.2, 0) is 11.3 Å². The number of pyridine rings is 1. The van der Waals surface area contributed by atoms with E-state index in [9.17, 15) is 27.6 Å². The van der Waals surface area contributed by atoms with Crippen molar-refractivity contribution in [2.75, 3.05) is 26.8 Å². The van der Waals surface area contributed by atoms with Crippen molar-refractivity contribution in [3.8, 4) is 5.75 Å². The quantitative estimate of drug-likeness (QED) is 0.515. The zero-order valence-electron chi connectivity index (χ0n) is 18.2. The van der Waals surface area contributed by atoms with E-state index in [1.807, 2.05) is 0 Å². The zero-order chi connectivity index (χ0) is 24.6. The third-order valence-corrected chi connectivity index (χ3v) is 5.96. The number of aromatic nitrogens is 2. The molecule has 2 amide bonds. The highest BCUT2D eigenvalue weighted by Crippen LogP contribution is 2.33. The Kier molecular flexibility index (Phi) is 6.26. The summed E-state index contributed by atoms with van der Waals surface area (Å²) in [5.41, 5.74) is -0.703. The molecule has 0 atom stereocenters. The number of aliphatic hydroxyl groups is 1. The Labute approximate surface area is 191 Å². The first-order valence-electron chi connectivity index (χ1n) is 10.6. The molecule has 0 spiro atoms. The van der Waals surface area contributed by atoms with Gasteiger partial charge in [0.1, 0.15) is 24.2 Å². The first-order valence-corrected chi connectivity index (χ1v) is 10.6. The molecule has 0 bridgehead atoms. The van der Waals surface area contributed by atoms with Crippen LogP contribution in [0.4, 0.5) is 13.2 Å². The fourth-order valence-corrected chi connectivity index (χ4v) is 4.38. The number of benzene rings is 1. The van der Waals surface area contributed by atoms with Crippen LogP contribution in [0.5, 0.6) is 5.75 Å². The van der Waals surface area contributed by atoms with Gasteiger partial charge in [-0.15, -0.1) is 0 Å². The number of ether oxygens (including phenoxy) is 1. The number of para-hydroxylation sites is 1. The van der Waals surface area contributed by atoms with Gasteiger partial charge >= 0.3 is 6.18 Å². The van der Waals surface area contributed by atoms with Crippen molar-refractivity contribution in [3.05, 3.63) is 40.3 Å².